The Morgan fingerprint density at radius 1 is 1.05 bits per heavy atom. The third-order valence-corrected chi connectivity index (χ3v) is 4.08. The summed E-state index contributed by atoms with van der Waals surface area (Å²) in [5, 5.41) is 3.67. The molecule has 1 saturated carbocycles. The van der Waals surface area contributed by atoms with Gasteiger partial charge in [0, 0.05) is 13.1 Å². The van der Waals surface area contributed by atoms with Gasteiger partial charge < -0.3 is 10.2 Å². The maximum absolute atomic E-state index is 3.67. The van der Waals surface area contributed by atoms with Crippen LogP contribution in [0.15, 0.2) is 24.3 Å². The summed E-state index contributed by atoms with van der Waals surface area (Å²) >= 11 is 0. The summed E-state index contributed by atoms with van der Waals surface area (Å²) in [6.07, 6.45) is 7.16. The Morgan fingerprint density at radius 3 is 2.42 bits per heavy atom. The van der Waals surface area contributed by atoms with Gasteiger partial charge >= 0.3 is 0 Å². The Hall–Kier alpha value is -0.860. The third kappa shape index (κ3) is 4.96. The van der Waals surface area contributed by atoms with Gasteiger partial charge in [-0.2, -0.15) is 0 Å². The van der Waals surface area contributed by atoms with E-state index in [1.54, 1.807) is 0 Å². The Labute approximate surface area is 118 Å². The van der Waals surface area contributed by atoms with E-state index in [0.29, 0.717) is 0 Å². The van der Waals surface area contributed by atoms with Crippen molar-refractivity contribution in [2.75, 3.05) is 20.6 Å². The molecule has 0 saturated heterocycles. The van der Waals surface area contributed by atoms with Crippen LogP contribution >= 0.6 is 0 Å². The molecule has 1 aliphatic rings. The van der Waals surface area contributed by atoms with Gasteiger partial charge in [0.1, 0.15) is 0 Å². The van der Waals surface area contributed by atoms with Crippen LogP contribution in [0.4, 0.5) is 0 Å². The molecule has 0 bridgehead atoms. The van der Waals surface area contributed by atoms with Gasteiger partial charge in [0.25, 0.3) is 0 Å². The molecule has 19 heavy (non-hydrogen) atoms. The summed E-state index contributed by atoms with van der Waals surface area (Å²) in [5.41, 5.74) is 2.90. The molecule has 2 nitrogen and oxygen atoms in total. The Morgan fingerprint density at radius 2 is 1.74 bits per heavy atom. The second-order valence-electron chi connectivity index (χ2n) is 6.14. The molecule has 1 aromatic carbocycles. The van der Waals surface area contributed by atoms with Crippen molar-refractivity contribution < 1.29 is 0 Å². The molecule has 0 radical (unpaired) electrons. The van der Waals surface area contributed by atoms with E-state index < -0.39 is 0 Å². The first kappa shape index (κ1) is 14.5. The summed E-state index contributed by atoms with van der Waals surface area (Å²) in [5.74, 6) is 0.912. The van der Waals surface area contributed by atoms with Crippen LogP contribution < -0.4 is 5.32 Å². The van der Waals surface area contributed by atoms with E-state index in [4.69, 9.17) is 0 Å². The monoisotopic (exact) mass is 260 g/mol. The highest BCUT2D eigenvalue weighted by Crippen LogP contribution is 2.22. The van der Waals surface area contributed by atoms with E-state index in [-0.39, 0.29) is 0 Å². The molecule has 0 aromatic heterocycles. The van der Waals surface area contributed by atoms with E-state index in [1.807, 2.05) is 0 Å². The molecule has 0 unspecified atom stereocenters. The van der Waals surface area contributed by atoms with Gasteiger partial charge in [0.2, 0.25) is 0 Å². The fraction of sp³-hybridized carbons (Fsp3) is 0.647. The van der Waals surface area contributed by atoms with Gasteiger partial charge in [-0.05, 0) is 50.5 Å². The molecule has 106 valence electrons. The van der Waals surface area contributed by atoms with Gasteiger partial charge in [0.15, 0.2) is 0 Å². The number of nitrogens with one attached hydrogen (secondary N) is 1. The fourth-order valence-corrected chi connectivity index (χ4v) is 3.03. The minimum absolute atomic E-state index is 0.912. The SMILES string of the molecule is CN(C)Cc1ccccc1CNCC1CCCCC1. The van der Waals surface area contributed by atoms with Crippen molar-refractivity contribution in [1.29, 1.82) is 0 Å². The number of rotatable bonds is 6. The third-order valence-electron chi connectivity index (χ3n) is 4.08. The lowest BCUT2D eigenvalue weighted by molar-refractivity contribution is 0.341. The van der Waals surface area contributed by atoms with Crippen LogP contribution in [0.25, 0.3) is 0 Å². The summed E-state index contributed by atoms with van der Waals surface area (Å²) in [7, 11) is 4.26. The molecule has 0 atom stereocenters. The van der Waals surface area contributed by atoms with E-state index in [2.05, 4.69) is 48.6 Å². The number of benzene rings is 1. The second-order valence-corrected chi connectivity index (χ2v) is 6.14. The Balaban J connectivity index is 1.81. The molecule has 1 aliphatic carbocycles. The van der Waals surface area contributed by atoms with Crippen LogP contribution in [-0.2, 0) is 13.1 Å². The number of hydrogen-bond acceptors (Lipinski definition) is 2. The highest BCUT2D eigenvalue weighted by molar-refractivity contribution is 5.26. The lowest BCUT2D eigenvalue weighted by atomic mass is 9.89. The highest BCUT2D eigenvalue weighted by atomic mass is 15.0. The van der Waals surface area contributed by atoms with Crippen molar-refractivity contribution in [3.63, 3.8) is 0 Å². The Bertz CT molecular complexity index is 367. The smallest absolute Gasteiger partial charge is 0.0230 e. The first-order valence-corrected chi connectivity index (χ1v) is 7.68. The second kappa shape index (κ2) is 7.66. The van der Waals surface area contributed by atoms with E-state index >= 15 is 0 Å². The quantitative estimate of drug-likeness (QED) is 0.843. The summed E-state index contributed by atoms with van der Waals surface area (Å²) < 4.78 is 0. The normalized spacial score (nSPS) is 17.0. The van der Waals surface area contributed by atoms with Crippen LogP contribution in [-0.4, -0.2) is 25.5 Å². The topological polar surface area (TPSA) is 15.3 Å². The van der Waals surface area contributed by atoms with E-state index in [1.165, 1.54) is 49.8 Å². The maximum Gasteiger partial charge on any atom is 0.0230 e. The predicted molar refractivity (Wildman–Crippen MR) is 82.1 cm³/mol. The van der Waals surface area contributed by atoms with Crippen molar-refractivity contribution in [2.24, 2.45) is 5.92 Å². The first-order chi connectivity index (χ1) is 9.25. The van der Waals surface area contributed by atoms with Crippen LogP contribution in [0.3, 0.4) is 0 Å². The number of nitrogens with zero attached hydrogens (tertiary/aromatic N) is 1. The average molecular weight is 260 g/mol. The maximum atomic E-state index is 3.67. The van der Waals surface area contributed by atoms with Crippen LogP contribution in [0.1, 0.15) is 43.2 Å². The molecule has 0 spiro atoms. The lowest BCUT2D eigenvalue weighted by Crippen LogP contribution is -2.25. The summed E-state index contributed by atoms with van der Waals surface area (Å²) in [6, 6.07) is 8.80. The molecule has 1 N–H and O–H groups in total. The zero-order chi connectivity index (χ0) is 13.5. The standard InChI is InChI=1S/C17H28N2/c1-19(2)14-17-11-7-6-10-16(17)13-18-12-15-8-4-3-5-9-15/h6-7,10-11,15,18H,3-5,8-9,12-14H2,1-2H3. The minimum atomic E-state index is 0.912. The van der Waals surface area contributed by atoms with Gasteiger partial charge in [-0.15, -0.1) is 0 Å². The summed E-state index contributed by atoms with van der Waals surface area (Å²) in [4.78, 5) is 2.24. The van der Waals surface area contributed by atoms with Crippen molar-refractivity contribution >= 4 is 0 Å². The van der Waals surface area contributed by atoms with Crippen molar-refractivity contribution in [1.82, 2.24) is 10.2 Å². The molecule has 0 aliphatic heterocycles. The van der Waals surface area contributed by atoms with E-state index in [0.717, 1.165) is 19.0 Å². The average Bonchev–Trinajstić information content (AvgIpc) is 2.41. The molecule has 2 rings (SSSR count). The fourth-order valence-electron chi connectivity index (χ4n) is 3.03. The van der Waals surface area contributed by atoms with Gasteiger partial charge in [0.05, 0.1) is 0 Å². The molecular formula is C17H28N2. The molecular weight excluding hydrogens is 232 g/mol. The van der Waals surface area contributed by atoms with Gasteiger partial charge in [-0.3, -0.25) is 0 Å². The molecule has 1 fully saturated rings. The first-order valence-electron chi connectivity index (χ1n) is 7.68. The van der Waals surface area contributed by atoms with Crippen molar-refractivity contribution in [3.05, 3.63) is 35.4 Å². The van der Waals surface area contributed by atoms with Crippen LogP contribution in [0.5, 0.6) is 0 Å². The largest absolute Gasteiger partial charge is 0.312 e. The molecule has 1 aromatic rings. The molecule has 2 heteroatoms. The minimum Gasteiger partial charge on any atom is -0.312 e. The molecule has 0 heterocycles. The zero-order valence-electron chi connectivity index (χ0n) is 12.5. The van der Waals surface area contributed by atoms with Crippen LogP contribution in [0.2, 0.25) is 0 Å². The highest BCUT2D eigenvalue weighted by Gasteiger charge is 2.12. The predicted octanol–water partition coefficient (Wildman–Crippen LogP) is 3.42. The molecule has 0 amide bonds. The van der Waals surface area contributed by atoms with Crippen LogP contribution in [0, 0.1) is 5.92 Å². The van der Waals surface area contributed by atoms with Gasteiger partial charge in [-0.25, -0.2) is 0 Å². The van der Waals surface area contributed by atoms with Crippen molar-refractivity contribution in [3.8, 4) is 0 Å². The van der Waals surface area contributed by atoms with E-state index in [9.17, 15) is 0 Å². The summed E-state index contributed by atoms with van der Waals surface area (Å²) in [6.45, 7) is 3.23. The van der Waals surface area contributed by atoms with Crippen molar-refractivity contribution in [2.45, 2.75) is 45.2 Å². The lowest BCUT2D eigenvalue weighted by Gasteiger charge is -2.22. The Kier molecular flexibility index (Phi) is 5.87. The zero-order valence-corrected chi connectivity index (χ0v) is 12.5. The van der Waals surface area contributed by atoms with Gasteiger partial charge in [-0.1, -0.05) is 43.5 Å². The number of hydrogen-bond donors (Lipinski definition) is 1.